The molecule has 0 aliphatic heterocycles. The summed E-state index contributed by atoms with van der Waals surface area (Å²) < 4.78 is 5.18. The van der Waals surface area contributed by atoms with Crippen LogP contribution in [0.15, 0.2) is 24.3 Å². The first kappa shape index (κ1) is 22.5. The van der Waals surface area contributed by atoms with Crippen LogP contribution in [0.1, 0.15) is 52.0 Å². The lowest BCUT2D eigenvalue weighted by molar-refractivity contribution is -0.150. The molecule has 7 nitrogen and oxygen atoms in total. The fourth-order valence-corrected chi connectivity index (χ4v) is 4.30. The summed E-state index contributed by atoms with van der Waals surface area (Å²) in [6.07, 6.45) is 0.0974. The summed E-state index contributed by atoms with van der Waals surface area (Å²) in [5, 5.41) is 0. The minimum atomic E-state index is -1.54. The second-order valence-corrected chi connectivity index (χ2v) is 7.98. The number of hydrogen-bond acceptors (Lipinski definition) is 4. The van der Waals surface area contributed by atoms with Gasteiger partial charge in [0.1, 0.15) is 5.75 Å². The molecule has 2 unspecified atom stereocenters. The van der Waals surface area contributed by atoms with Crippen LogP contribution >= 0.6 is 0 Å². The van der Waals surface area contributed by atoms with E-state index in [1.54, 1.807) is 52.1 Å². The molecule has 1 aromatic carbocycles. The molecule has 0 spiro atoms. The minimum Gasteiger partial charge on any atom is -0.497 e. The molecule has 0 aromatic heterocycles. The number of hydrogen-bond donors (Lipinski definition) is 3. The van der Waals surface area contributed by atoms with Crippen molar-refractivity contribution in [1.29, 1.82) is 0 Å². The third-order valence-corrected chi connectivity index (χ3v) is 5.14. The highest BCUT2D eigenvalue weighted by Crippen LogP contribution is 2.52. The summed E-state index contributed by atoms with van der Waals surface area (Å²) in [6.45, 7) is 7.25. The van der Waals surface area contributed by atoms with Crippen LogP contribution in [0.5, 0.6) is 5.75 Å². The molecule has 1 aromatic rings. The minimum absolute atomic E-state index is 0.363. The van der Waals surface area contributed by atoms with E-state index in [0.29, 0.717) is 12.2 Å². The smallest absolute Gasteiger partial charge is 0.225 e. The van der Waals surface area contributed by atoms with Gasteiger partial charge in [0.15, 0.2) is 0 Å². The Morgan fingerprint density at radius 3 is 1.85 bits per heavy atom. The zero-order valence-electron chi connectivity index (χ0n) is 16.7. The summed E-state index contributed by atoms with van der Waals surface area (Å²) in [7, 11) is 1.55. The molecule has 0 aliphatic rings. The van der Waals surface area contributed by atoms with E-state index in [9.17, 15) is 14.4 Å². The van der Waals surface area contributed by atoms with Gasteiger partial charge in [0.2, 0.25) is 17.7 Å². The molecule has 3 amide bonds. The normalized spacial score (nSPS) is 16.0. The Bertz CT molecular complexity index is 694. The van der Waals surface area contributed by atoms with Gasteiger partial charge in [-0.3, -0.25) is 14.4 Å². The maximum absolute atomic E-state index is 12.8. The number of rotatable bonds is 9. The van der Waals surface area contributed by atoms with E-state index in [-0.39, 0.29) is 6.42 Å². The van der Waals surface area contributed by atoms with Crippen molar-refractivity contribution in [2.45, 2.75) is 46.5 Å². The van der Waals surface area contributed by atoms with Crippen LogP contribution in [-0.4, -0.2) is 24.8 Å². The Labute approximate surface area is 160 Å². The molecule has 7 heteroatoms. The lowest BCUT2D eigenvalue weighted by atomic mass is 9.54. The Balaban J connectivity index is 3.78. The third kappa shape index (κ3) is 4.59. The van der Waals surface area contributed by atoms with Crippen molar-refractivity contribution in [2.75, 3.05) is 7.11 Å². The third-order valence-electron chi connectivity index (χ3n) is 5.14. The quantitative estimate of drug-likeness (QED) is 0.602. The second-order valence-electron chi connectivity index (χ2n) is 7.98. The fourth-order valence-electron chi connectivity index (χ4n) is 4.30. The zero-order chi connectivity index (χ0) is 21.0. The van der Waals surface area contributed by atoms with Crippen molar-refractivity contribution < 1.29 is 19.1 Å². The lowest BCUT2D eigenvalue weighted by Gasteiger charge is -2.47. The van der Waals surface area contributed by atoms with Gasteiger partial charge in [-0.25, -0.2) is 0 Å². The highest BCUT2D eigenvalue weighted by atomic mass is 16.5. The van der Waals surface area contributed by atoms with Crippen molar-refractivity contribution in [2.24, 2.45) is 33.9 Å². The molecule has 1 rings (SSSR count). The predicted molar refractivity (Wildman–Crippen MR) is 104 cm³/mol. The van der Waals surface area contributed by atoms with Gasteiger partial charge in [-0.05, 0) is 35.4 Å². The largest absolute Gasteiger partial charge is 0.497 e. The first-order valence-corrected chi connectivity index (χ1v) is 8.93. The molecular formula is C20H31N3O4. The molecular weight excluding hydrogens is 346 g/mol. The molecule has 0 bridgehead atoms. The average molecular weight is 377 g/mol. The van der Waals surface area contributed by atoms with Crippen LogP contribution in [0.2, 0.25) is 0 Å². The van der Waals surface area contributed by atoms with E-state index < -0.39 is 40.4 Å². The number of methoxy groups -OCH3 is 1. The maximum Gasteiger partial charge on any atom is 0.225 e. The molecule has 0 aliphatic carbocycles. The zero-order valence-corrected chi connectivity index (χ0v) is 16.7. The van der Waals surface area contributed by atoms with Crippen LogP contribution < -0.4 is 21.9 Å². The molecule has 0 saturated carbocycles. The van der Waals surface area contributed by atoms with Crippen LogP contribution in [0, 0.1) is 16.7 Å². The van der Waals surface area contributed by atoms with Crippen molar-refractivity contribution in [3.05, 3.63) is 29.8 Å². The van der Waals surface area contributed by atoms with Crippen molar-refractivity contribution in [3.8, 4) is 5.75 Å². The molecule has 0 heterocycles. The van der Waals surface area contributed by atoms with Gasteiger partial charge in [-0.2, -0.15) is 0 Å². The van der Waals surface area contributed by atoms with Gasteiger partial charge >= 0.3 is 0 Å². The monoisotopic (exact) mass is 377 g/mol. The fraction of sp³-hybridized carbons (Fsp3) is 0.550. The van der Waals surface area contributed by atoms with E-state index in [1.807, 2.05) is 6.92 Å². The van der Waals surface area contributed by atoms with Crippen LogP contribution in [0.3, 0.4) is 0 Å². The Hall–Kier alpha value is -2.57. The topological polar surface area (TPSA) is 138 Å². The Morgan fingerprint density at radius 2 is 1.56 bits per heavy atom. The molecule has 3 atom stereocenters. The Morgan fingerprint density at radius 1 is 1.04 bits per heavy atom. The molecule has 0 fully saturated rings. The number of primary amides is 3. The first-order chi connectivity index (χ1) is 12.4. The molecule has 0 saturated heterocycles. The molecule has 0 radical (unpaired) electrons. The summed E-state index contributed by atoms with van der Waals surface area (Å²) in [5.41, 5.74) is 15.6. The number of carbonyl (C=O) groups is 3. The number of ether oxygens (including phenoxy) is 1. The van der Waals surface area contributed by atoms with Gasteiger partial charge in [-0.1, -0.05) is 39.8 Å². The number of carbonyl (C=O) groups excluding carboxylic acids is 3. The van der Waals surface area contributed by atoms with Gasteiger partial charge in [0.05, 0.1) is 18.4 Å². The van der Waals surface area contributed by atoms with Crippen molar-refractivity contribution in [3.63, 3.8) is 0 Å². The van der Waals surface area contributed by atoms with Gasteiger partial charge in [0, 0.05) is 6.42 Å². The van der Waals surface area contributed by atoms with E-state index in [1.165, 1.54) is 0 Å². The number of amides is 3. The lowest BCUT2D eigenvalue weighted by Crippen LogP contribution is -2.57. The summed E-state index contributed by atoms with van der Waals surface area (Å²) in [5.74, 6) is -3.02. The highest BCUT2D eigenvalue weighted by molar-refractivity contribution is 5.94. The van der Waals surface area contributed by atoms with Crippen LogP contribution in [-0.2, 0) is 14.4 Å². The van der Waals surface area contributed by atoms with E-state index in [4.69, 9.17) is 21.9 Å². The number of nitrogens with two attached hydrogens (primary N) is 3. The highest BCUT2D eigenvalue weighted by Gasteiger charge is 2.57. The molecule has 150 valence electrons. The van der Waals surface area contributed by atoms with Gasteiger partial charge < -0.3 is 21.9 Å². The average Bonchev–Trinajstić information content (AvgIpc) is 2.53. The first-order valence-electron chi connectivity index (χ1n) is 8.93. The van der Waals surface area contributed by atoms with Crippen LogP contribution in [0.25, 0.3) is 0 Å². The predicted octanol–water partition coefficient (Wildman–Crippen LogP) is 1.68. The maximum atomic E-state index is 12.8. The van der Waals surface area contributed by atoms with Crippen LogP contribution in [0.4, 0.5) is 0 Å². The van der Waals surface area contributed by atoms with E-state index in [0.717, 1.165) is 5.56 Å². The van der Waals surface area contributed by atoms with Gasteiger partial charge in [-0.15, -0.1) is 0 Å². The van der Waals surface area contributed by atoms with Gasteiger partial charge in [0.25, 0.3) is 0 Å². The second kappa shape index (κ2) is 8.41. The molecule has 6 N–H and O–H groups in total. The number of benzene rings is 1. The van der Waals surface area contributed by atoms with E-state index in [2.05, 4.69) is 0 Å². The summed E-state index contributed by atoms with van der Waals surface area (Å²) in [4.78, 5) is 37.3. The summed E-state index contributed by atoms with van der Waals surface area (Å²) in [6, 6.07) is 7.10. The SMILES string of the molecule is CC[C@H](c1ccc(OC)cc1)C(CC(N)=O)(C(N)=O)C(C(N)=O)C(C)(C)C. The standard InChI is InChI=1S/C20H31N3O4/c1-6-14(12-7-9-13(27-5)10-8-12)20(18(23)26,11-15(21)24)16(17(22)25)19(2,3)4/h7-10,14,16H,6,11H2,1-5H3,(H2,21,24)(H2,22,25)(H2,23,26)/t14-,16?,20?/m1/s1. The summed E-state index contributed by atoms with van der Waals surface area (Å²) >= 11 is 0. The van der Waals surface area contributed by atoms with Crippen molar-refractivity contribution in [1.82, 2.24) is 0 Å². The molecule has 27 heavy (non-hydrogen) atoms. The van der Waals surface area contributed by atoms with Crippen molar-refractivity contribution >= 4 is 17.7 Å². The Kier molecular flexibility index (Phi) is 7.00. The van der Waals surface area contributed by atoms with E-state index >= 15 is 0 Å².